The topological polar surface area (TPSA) is 47.3 Å². The van der Waals surface area contributed by atoms with Crippen LogP contribution in [0.4, 0.5) is 4.39 Å². The van der Waals surface area contributed by atoms with E-state index < -0.39 is 0 Å². The van der Waals surface area contributed by atoms with Crippen LogP contribution in [0.1, 0.15) is 28.3 Å². The fraction of sp³-hybridized carbons (Fsp3) is 0.250. The molecule has 0 fully saturated rings. The third-order valence-electron chi connectivity index (χ3n) is 3.79. The molecule has 0 bridgehead atoms. The van der Waals surface area contributed by atoms with Crippen molar-refractivity contribution in [3.8, 4) is 0 Å². The first kappa shape index (κ1) is 14.7. The summed E-state index contributed by atoms with van der Waals surface area (Å²) in [6.07, 6.45) is 0.678. The quantitative estimate of drug-likeness (QED) is 0.656. The summed E-state index contributed by atoms with van der Waals surface area (Å²) in [7, 11) is 0. The van der Waals surface area contributed by atoms with Gasteiger partial charge in [0, 0.05) is 4.47 Å². The molecule has 1 aliphatic rings. The molecule has 3 nitrogen and oxygen atoms in total. The Labute approximate surface area is 131 Å². The normalized spacial score (nSPS) is 15.0. The second-order valence-electron chi connectivity index (χ2n) is 5.18. The minimum Gasteiger partial charge on any atom is -0.372 e. The second kappa shape index (κ2) is 6.23. The van der Waals surface area contributed by atoms with Crippen molar-refractivity contribution in [2.24, 2.45) is 5.84 Å². The number of benzene rings is 2. The molecule has 0 saturated heterocycles. The van der Waals surface area contributed by atoms with E-state index in [4.69, 9.17) is 10.6 Å². The van der Waals surface area contributed by atoms with Gasteiger partial charge in [0.2, 0.25) is 0 Å². The van der Waals surface area contributed by atoms with Gasteiger partial charge in [0.1, 0.15) is 5.82 Å². The van der Waals surface area contributed by atoms with Crippen LogP contribution in [0.15, 0.2) is 40.9 Å². The van der Waals surface area contributed by atoms with Crippen LogP contribution >= 0.6 is 15.9 Å². The second-order valence-corrected chi connectivity index (χ2v) is 6.03. The molecule has 0 aromatic heterocycles. The molecule has 2 aromatic carbocycles. The summed E-state index contributed by atoms with van der Waals surface area (Å²) in [5, 5.41) is 0. The van der Waals surface area contributed by atoms with E-state index in [0.717, 1.165) is 15.6 Å². The highest BCUT2D eigenvalue weighted by molar-refractivity contribution is 9.10. The van der Waals surface area contributed by atoms with E-state index in [1.165, 1.54) is 23.3 Å². The molecule has 0 saturated carbocycles. The van der Waals surface area contributed by atoms with Gasteiger partial charge < -0.3 is 4.74 Å². The van der Waals surface area contributed by atoms with Gasteiger partial charge in [-0.15, -0.1) is 0 Å². The molecule has 0 aliphatic carbocycles. The van der Waals surface area contributed by atoms with Crippen LogP contribution in [0.2, 0.25) is 0 Å². The molecule has 1 atom stereocenters. The van der Waals surface area contributed by atoms with Crippen molar-refractivity contribution < 1.29 is 9.13 Å². The molecule has 1 unspecified atom stereocenters. The Morgan fingerprint density at radius 2 is 2.00 bits per heavy atom. The summed E-state index contributed by atoms with van der Waals surface area (Å²) in [5.41, 5.74) is 7.41. The number of hydrazine groups is 1. The first-order chi connectivity index (χ1) is 10.2. The van der Waals surface area contributed by atoms with Gasteiger partial charge in [-0.2, -0.15) is 0 Å². The molecule has 0 radical (unpaired) electrons. The lowest BCUT2D eigenvalue weighted by Gasteiger charge is -2.18. The number of ether oxygens (including phenoxy) is 1. The molecular formula is C16H16BrFN2O. The van der Waals surface area contributed by atoms with E-state index in [1.54, 1.807) is 6.07 Å². The highest BCUT2D eigenvalue weighted by Crippen LogP contribution is 2.27. The molecule has 3 rings (SSSR count). The lowest BCUT2D eigenvalue weighted by atomic mass is 9.96. The van der Waals surface area contributed by atoms with E-state index in [0.29, 0.717) is 19.6 Å². The number of rotatable bonds is 4. The summed E-state index contributed by atoms with van der Waals surface area (Å²) >= 11 is 3.40. The predicted molar refractivity (Wildman–Crippen MR) is 82.8 cm³/mol. The average Bonchev–Trinajstić information content (AvgIpc) is 2.94. The summed E-state index contributed by atoms with van der Waals surface area (Å²) < 4.78 is 19.3. The number of halogens is 2. The minimum atomic E-state index is -0.252. The van der Waals surface area contributed by atoms with E-state index in [2.05, 4.69) is 39.6 Å². The zero-order valence-electron chi connectivity index (χ0n) is 11.4. The molecule has 1 aliphatic heterocycles. The van der Waals surface area contributed by atoms with Crippen LogP contribution in [0, 0.1) is 5.82 Å². The maximum Gasteiger partial charge on any atom is 0.124 e. The van der Waals surface area contributed by atoms with Gasteiger partial charge >= 0.3 is 0 Å². The van der Waals surface area contributed by atoms with Crippen LogP contribution in [0.3, 0.4) is 0 Å². The summed E-state index contributed by atoms with van der Waals surface area (Å²) in [4.78, 5) is 0. The summed E-state index contributed by atoms with van der Waals surface area (Å²) in [5.74, 6) is 5.45. The minimum absolute atomic E-state index is 0.0299. The van der Waals surface area contributed by atoms with Crippen molar-refractivity contribution in [2.75, 3.05) is 0 Å². The predicted octanol–water partition coefficient (Wildman–Crippen LogP) is 3.37. The Bertz CT molecular complexity index is 663. The van der Waals surface area contributed by atoms with Crippen LogP contribution in [0.25, 0.3) is 0 Å². The maximum absolute atomic E-state index is 13.2. The standard InChI is InChI=1S/C16H16BrFN2O/c17-15-7-14(18)4-3-10(15)6-16(20-19)11-1-2-12-8-21-9-13(12)5-11/h1-5,7,16,20H,6,8-9,19H2. The van der Waals surface area contributed by atoms with E-state index >= 15 is 0 Å². The van der Waals surface area contributed by atoms with Crippen LogP contribution < -0.4 is 11.3 Å². The van der Waals surface area contributed by atoms with Crippen LogP contribution in [0.5, 0.6) is 0 Å². The first-order valence-corrected chi connectivity index (χ1v) is 7.56. The number of hydrogen-bond acceptors (Lipinski definition) is 3. The lowest BCUT2D eigenvalue weighted by Crippen LogP contribution is -2.29. The van der Waals surface area contributed by atoms with Crippen molar-refractivity contribution in [3.05, 3.63) is 68.9 Å². The number of nitrogens with two attached hydrogens (primary N) is 1. The molecule has 1 heterocycles. The largest absolute Gasteiger partial charge is 0.372 e. The van der Waals surface area contributed by atoms with Crippen molar-refractivity contribution in [1.82, 2.24) is 5.43 Å². The number of nitrogens with one attached hydrogen (secondary N) is 1. The van der Waals surface area contributed by atoms with Gasteiger partial charge in [-0.05, 0) is 40.8 Å². The molecule has 5 heteroatoms. The highest BCUT2D eigenvalue weighted by atomic mass is 79.9. The van der Waals surface area contributed by atoms with Crippen LogP contribution in [-0.2, 0) is 24.4 Å². The van der Waals surface area contributed by atoms with E-state index in [9.17, 15) is 4.39 Å². The molecule has 21 heavy (non-hydrogen) atoms. The van der Waals surface area contributed by atoms with Gasteiger partial charge in [0.15, 0.2) is 0 Å². The molecule has 2 aromatic rings. The number of fused-ring (bicyclic) bond motifs is 1. The smallest absolute Gasteiger partial charge is 0.124 e. The van der Waals surface area contributed by atoms with Gasteiger partial charge in [-0.1, -0.05) is 40.2 Å². The molecule has 0 amide bonds. The fourth-order valence-corrected chi connectivity index (χ4v) is 3.10. The van der Waals surface area contributed by atoms with E-state index in [-0.39, 0.29) is 11.9 Å². The van der Waals surface area contributed by atoms with Crippen molar-refractivity contribution in [2.45, 2.75) is 25.7 Å². The zero-order valence-corrected chi connectivity index (χ0v) is 13.0. The van der Waals surface area contributed by atoms with Crippen molar-refractivity contribution >= 4 is 15.9 Å². The highest BCUT2D eigenvalue weighted by Gasteiger charge is 2.17. The maximum atomic E-state index is 13.2. The van der Waals surface area contributed by atoms with Gasteiger partial charge in [-0.3, -0.25) is 11.3 Å². The van der Waals surface area contributed by atoms with Crippen molar-refractivity contribution in [3.63, 3.8) is 0 Å². The molecule has 0 spiro atoms. The summed E-state index contributed by atoms with van der Waals surface area (Å²) in [6, 6.07) is 11.0. The van der Waals surface area contributed by atoms with Gasteiger partial charge in [0.05, 0.1) is 19.3 Å². The molecule has 3 N–H and O–H groups in total. The fourth-order valence-electron chi connectivity index (χ4n) is 2.59. The Balaban J connectivity index is 1.85. The molecular weight excluding hydrogens is 335 g/mol. The Morgan fingerprint density at radius 3 is 2.76 bits per heavy atom. The van der Waals surface area contributed by atoms with Gasteiger partial charge in [-0.25, -0.2) is 4.39 Å². The average molecular weight is 351 g/mol. The molecule has 110 valence electrons. The Kier molecular flexibility index (Phi) is 4.35. The zero-order chi connectivity index (χ0) is 14.8. The van der Waals surface area contributed by atoms with Crippen molar-refractivity contribution in [1.29, 1.82) is 0 Å². The van der Waals surface area contributed by atoms with E-state index in [1.807, 2.05) is 0 Å². The summed E-state index contributed by atoms with van der Waals surface area (Å²) in [6.45, 7) is 1.33. The first-order valence-electron chi connectivity index (χ1n) is 6.77. The third kappa shape index (κ3) is 3.16. The third-order valence-corrected chi connectivity index (χ3v) is 4.53. The SMILES string of the molecule is NNC(Cc1ccc(F)cc1Br)c1ccc2c(c1)COC2. The lowest BCUT2D eigenvalue weighted by molar-refractivity contribution is 0.134. The monoisotopic (exact) mass is 350 g/mol. The number of hydrogen-bond donors (Lipinski definition) is 2. The Morgan fingerprint density at radius 1 is 1.19 bits per heavy atom. The van der Waals surface area contributed by atoms with Gasteiger partial charge in [0.25, 0.3) is 0 Å². The Hall–Kier alpha value is -1.27. The van der Waals surface area contributed by atoms with Crippen LogP contribution in [-0.4, -0.2) is 0 Å².